The highest BCUT2D eigenvalue weighted by Gasteiger charge is 2.25. The van der Waals surface area contributed by atoms with Crippen molar-refractivity contribution >= 4 is 18.3 Å². The Hall–Kier alpha value is -1.26. The topological polar surface area (TPSA) is 41.6 Å². The van der Waals surface area contributed by atoms with Gasteiger partial charge in [0.1, 0.15) is 5.75 Å². The molecule has 1 aliphatic rings. The monoisotopic (exact) mass is 312 g/mol. The summed E-state index contributed by atoms with van der Waals surface area (Å²) in [7, 11) is 1.95. The van der Waals surface area contributed by atoms with Gasteiger partial charge >= 0.3 is 0 Å². The average Bonchev–Trinajstić information content (AvgIpc) is 2.89. The molecule has 1 amide bonds. The van der Waals surface area contributed by atoms with Gasteiger partial charge in [0.2, 0.25) is 0 Å². The first-order valence-corrected chi connectivity index (χ1v) is 7.22. The quantitative estimate of drug-likeness (QED) is 0.906. The minimum atomic E-state index is 0. The van der Waals surface area contributed by atoms with E-state index in [1.165, 1.54) is 11.1 Å². The van der Waals surface area contributed by atoms with Gasteiger partial charge in [0.15, 0.2) is 6.61 Å². The molecule has 4 nitrogen and oxygen atoms in total. The van der Waals surface area contributed by atoms with Crippen molar-refractivity contribution in [1.82, 2.24) is 10.2 Å². The maximum Gasteiger partial charge on any atom is 0.260 e. The number of amides is 1. The molecule has 0 aromatic heterocycles. The van der Waals surface area contributed by atoms with Gasteiger partial charge in [-0.25, -0.2) is 0 Å². The molecule has 1 aliphatic heterocycles. The summed E-state index contributed by atoms with van der Waals surface area (Å²) in [4.78, 5) is 14.0. The molecule has 1 unspecified atom stereocenters. The van der Waals surface area contributed by atoms with E-state index in [0.29, 0.717) is 5.92 Å². The van der Waals surface area contributed by atoms with Crippen LogP contribution in [0.4, 0.5) is 0 Å². The van der Waals surface area contributed by atoms with E-state index in [1.807, 2.05) is 37.1 Å². The zero-order chi connectivity index (χ0) is 14.5. The van der Waals surface area contributed by atoms with Gasteiger partial charge in [-0.3, -0.25) is 4.79 Å². The summed E-state index contributed by atoms with van der Waals surface area (Å²) >= 11 is 0. The number of hydrogen-bond acceptors (Lipinski definition) is 3. The van der Waals surface area contributed by atoms with E-state index in [2.05, 4.69) is 12.2 Å². The molecule has 0 radical (unpaired) electrons. The smallest absolute Gasteiger partial charge is 0.260 e. The van der Waals surface area contributed by atoms with Crippen molar-refractivity contribution < 1.29 is 9.53 Å². The number of aryl methyl sites for hydroxylation is 2. The summed E-state index contributed by atoms with van der Waals surface area (Å²) in [5, 5.41) is 3.17. The van der Waals surface area contributed by atoms with Crippen molar-refractivity contribution in [2.45, 2.75) is 20.3 Å². The van der Waals surface area contributed by atoms with Crippen molar-refractivity contribution in [2.75, 3.05) is 33.3 Å². The van der Waals surface area contributed by atoms with Crippen molar-refractivity contribution in [2.24, 2.45) is 5.92 Å². The van der Waals surface area contributed by atoms with Gasteiger partial charge < -0.3 is 15.0 Å². The summed E-state index contributed by atoms with van der Waals surface area (Å²) in [6.07, 6.45) is 1.08. The molecule has 1 heterocycles. The fourth-order valence-electron chi connectivity index (χ4n) is 2.55. The Balaban J connectivity index is 0.00000220. The lowest BCUT2D eigenvalue weighted by atomic mass is 10.1. The molecule has 1 fully saturated rings. The van der Waals surface area contributed by atoms with Gasteiger partial charge in [-0.05, 0) is 63.0 Å². The number of ether oxygens (including phenoxy) is 1. The van der Waals surface area contributed by atoms with E-state index in [9.17, 15) is 4.79 Å². The van der Waals surface area contributed by atoms with Gasteiger partial charge in [-0.2, -0.15) is 0 Å². The molecule has 1 saturated heterocycles. The molecule has 1 N–H and O–H groups in total. The molecule has 21 heavy (non-hydrogen) atoms. The maximum atomic E-state index is 12.1. The van der Waals surface area contributed by atoms with Gasteiger partial charge in [-0.1, -0.05) is 6.07 Å². The predicted octanol–water partition coefficient (Wildman–Crippen LogP) is 2.17. The molecule has 2 rings (SSSR count). The van der Waals surface area contributed by atoms with Crippen LogP contribution < -0.4 is 10.1 Å². The summed E-state index contributed by atoms with van der Waals surface area (Å²) in [6.45, 7) is 6.91. The zero-order valence-electron chi connectivity index (χ0n) is 13.0. The van der Waals surface area contributed by atoms with Crippen LogP contribution in [0.15, 0.2) is 18.2 Å². The third-order valence-electron chi connectivity index (χ3n) is 3.97. The number of halogens is 1. The molecule has 0 aliphatic carbocycles. The first-order chi connectivity index (χ1) is 9.60. The molecular weight excluding hydrogens is 288 g/mol. The first kappa shape index (κ1) is 17.8. The van der Waals surface area contributed by atoms with Crippen molar-refractivity contribution in [3.05, 3.63) is 29.3 Å². The summed E-state index contributed by atoms with van der Waals surface area (Å²) in [5.74, 6) is 1.43. The van der Waals surface area contributed by atoms with E-state index < -0.39 is 0 Å². The average molecular weight is 313 g/mol. The highest BCUT2D eigenvalue weighted by Crippen LogP contribution is 2.18. The van der Waals surface area contributed by atoms with Crippen LogP contribution in [0.3, 0.4) is 0 Å². The SMILES string of the molecule is CNCC1CCN(C(=O)COc2ccc(C)c(C)c2)C1.Cl. The maximum absolute atomic E-state index is 12.1. The Morgan fingerprint density at radius 1 is 1.38 bits per heavy atom. The standard InChI is InChI=1S/C16H24N2O2.ClH/c1-12-4-5-15(8-13(12)2)20-11-16(19)18-7-6-14(10-18)9-17-3;/h4-5,8,14,17H,6-7,9-11H2,1-3H3;1H. The second kappa shape index (κ2) is 8.25. The summed E-state index contributed by atoms with van der Waals surface area (Å²) < 4.78 is 5.60. The van der Waals surface area contributed by atoms with Crippen LogP contribution in [0.5, 0.6) is 5.75 Å². The molecule has 118 valence electrons. The molecule has 1 aromatic rings. The Morgan fingerprint density at radius 3 is 2.81 bits per heavy atom. The van der Waals surface area contributed by atoms with E-state index in [-0.39, 0.29) is 24.9 Å². The minimum Gasteiger partial charge on any atom is -0.484 e. The minimum absolute atomic E-state index is 0. The molecule has 0 bridgehead atoms. The Bertz CT molecular complexity index is 479. The van der Waals surface area contributed by atoms with Crippen LogP contribution in [0.25, 0.3) is 0 Å². The lowest BCUT2D eigenvalue weighted by Crippen LogP contribution is -2.34. The molecule has 1 atom stereocenters. The van der Waals surface area contributed by atoms with Crippen LogP contribution in [0.2, 0.25) is 0 Å². The predicted molar refractivity (Wildman–Crippen MR) is 87.3 cm³/mol. The number of benzene rings is 1. The Kier molecular flexibility index (Phi) is 6.99. The number of carbonyl (C=O) groups excluding carboxylic acids is 1. The highest BCUT2D eigenvalue weighted by molar-refractivity contribution is 5.85. The number of nitrogens with one attached hydrogen (secondary N) is 1. The normalized spacial score (nSPS) is 17.5. The Labute approximate surface area is 133 Å². The van der Waals surface area contributed by atoms with Crippen LogP contribution >= 0.6 is 12.4 Å². The highest BCUT2D eigenvalue weighted by atomic mass is 35.5. The molecule has 5 heteroatoms. The van der Waals surface area contributed by atoms with Gasteiger partial charge in [-0.15, -0.1) is 12.4 Å². The summed E-state index contributed by atoms with van der Waals surface area (Å²) in [5.41, 5.74) is 2.42. The van der Waals surface area contributed by atoms with E-state index in [4.69, 9.17) is 4.74 Å². The van der Waals surface area contributed by atoms with Gasteiger partial charge in [0, 0.05) is 13.1 Å². The molecule has 0 spiro atoms. The van der Waals surface area contributed by atoms with E-state index in [0.717, 1.165) is 31.8 Å². The van der Waals surface area contributed by atoms with Gasteiger partial charge in [0.05, 0.1) is 0 Å². The third kappa shape index (κ3) is 4.90. The van der Waals surface area contributed by atoms with Crippen LogP contribution in [0.1, 0.15) is 17.5 Å². The number of carbonyl (C=O) groups is 1. The second-order valence-corrected chi connectivity index (χ2v) is 5.59. The number of hydrogen-bond donors (Lipinski definition) is 1. The number of rotatable bonds is 5. The molecular formula is C16H25ClN2O2. The van der Waals surface area contributed by atoms with Crippen LogP contribution in [0, 0.1) is 19.8 Å². The molecule has 1 aromatic carbocycles. The van der Waals surface area contributed by atoms with Crippen molar-refractivity contribution in [3.8, 4) is 5.75 Å². The summed E-state index contributed by atoms with van der Waals surface area (Å²) in [6, 6.07) is 5.92. The largest absolute Gasteiger partial charge is 0.484 e. The van der Waals surface area contributed by atoms with Crippen LogP contribution in [-0.4, -0.2) is 44.1 Å². The zero-order valence-corrected chi connectivity index (χ0v) is 13.8. The Morgan fingerprint density at radius 2 is 2.14 bits per heavy atom. The van der Waals surface area contributed by atoms with Gasteiger partial charge in [0.25, 0.3) is 5.91 Å². The third-order valence-corrected chi connectivity index (χ3v) is 3.97. The number of nitrogens with zero attached hydrogens (tertiary/aromatic N) is 1. The van der Waals surface area contributed by atoms with E-state index in [1.54, 1.807) is 0 Å². The number of likely N-dealkylation sites (tertiary alicyclic amines) is 1. The lowest BCUT2D eigenvalue weighted by Gasteiger charge is -2.17. The van der Waals surface area contributed by atoms with Crippen molar-refractivity contribution in [1.29, 1.82) is 0 Å². The first-order valence-electron chi connectivity index (χ1n) is 7.22. The molecule has 0 saturated carbocycles. The van der Waals surface area contributed by atoms with Crippen LogP contribution in [-0.2, 0) is 4.79 Å². The van der Waals surface area contributed by atoms with Crippen molar-refractivity contribution in [3.63, 3.8) is 0 Å². The van der Waals surface area contributed by atoms with E-state index >= 15 is 0 Å². The fourth-order valence-corrected chi connectivity index (χ4v) is 2.55. The lowest BCUT2D eigenvalue weighted by molar-refractivity contribution is -0.132. The second-order valence-electron chi connectivity index (χ2n) is 5.59. The fraction of sp³-hybridized carbons (Fsp3) is 0.562.